The van der Waals surface area contributed by atoms with Crippen LogP contribution in [-0.4, -0.2) is 16.0 Å². The highest BCUT2D eigenvalue weighted by atomic mass is 35.5. The van der Waals surface area contributed by atoms with Crippen LogP contribution in [0.5, 0.6) is 0 Å². The first-order chi connectivity index (χ1) is 13.0. The van der Waals surface area contributed by atoms with Crippen LogP contribution in [0.1, 0.15) is 11.1 Å². The number of anilines is 1. The molecule has 1 aromatic heterocycles. The Kier molecular flexibility index (Phi) is 6.55. The predicted molar refractivity (Wildman–Crippen MR) is 110 cm³/mol. The fourth-order valence-corrected chi connectivity index (χ4v) is 3.58. The molecule has 3 aromatic rings. The van der Waals surface area contributed by atoms with Crippen LogP contribution < -0.4 is 10.6 Å². The number of aromatic nitrogens is 2. The fourth-order valence-electron chi connectivity index (χ4n) is 2.29. The van der Waals surface area contributed by atoms with Gasteiger partial charge in [-0.25, -0.2) is 14.8 Å². The fraction of sp³-hybridized carbons (Fsp3) is 0.105. The topological polar surface area (TPSA) is 66.9 Å². The van der Waals surface area contributed by atoms with Gasteiger partial charge in [0.05, 0.1) is 0 Å². The molecule has 3 rings (SSSR count). The zero-order valence-electron chi connectivity index (χ0n) is 14.4. The molecule has 2 amide bonds. The number of hydrogen-bond acceptors (Lipinski definition) is 4. The predicted octanol–water partition coefficient (Wildman–Crippen LogP) is 5.56. The Morgan fingerprint density at radius 3 is 2.59 bits per heavy atom. The zero-order valence-corrected chi connectivity index (χ0v) is 16.7. The smallest absolute Gasteiger partial charge is 0.319 e. The molecule has 0 saturated heterocycles. The molecule has 0 atom stereocenters. The number of carbonyl (C=O) groups excluding carboxylic acids is 1. The third-order valence-corrected chi connectivity index (χ3v) is 5.12. The van der Waals surface area contributed by atoms with Gasteiger partial charge in [0.25, 0.3) is 0 Å². The lowest BCUT2D eigenvalue weighted by Gasteiger charge is -2.12. The van der Waals surface area contributed by atoms with E-state index in [9.17, 15) is 4.79 Å². The second-order valence-corrected chi connectivity index (χ2v) is 7.54. The molecular weight excluding hydrogens is 403 g/mol. The van der Waals surface area contributed by atoms with E-state index in [4.69, 9.17) is 23.2 Å². The van der Waals surface area contributed by atoms with Crippen molar-refractivity contribution in [3.63, 3.8) is 0 Å². The van der Waals surface area contributed by atoms with Crippen LogP contribution in [-0.2, 0) is 6.54 Å². The number of hydrogen-bond donors (Lipinski definition) is 2. The zero-order chi connectivity index (χ0) is 19.2. The summed E-state index contributed by atoms with van der Waals surface area (Å²) in [5, 5.41) is 7.38. The molecule has 1 heterocycles. The van der Waals surface area contributed by atoms with E-state index >= 15 is 0 Å². The van der Waals surface area contributed by atoms with Gasteiger partial charge in [0.2, 0.25) is 0 Å². The van der Waals surface area contributed by atoms with Gasteiger partial charge >= 0.3 is 6.03 Å². The minimum Gasteiger partial charge on any atom is -0.334 e. The first kappa shape index (κ1) is 19.5. The summed E-state index contributed by atoms with van der Waals surface area (Å²) in [7, 11) is 0. The Balaban J connectivity index is 1.59. The van der Waals surface area contributed by atoms with Gasteiger partial charge in [-0.2, -0.15) is 0 Å². The minimum absolute atomic E-state index is 0.306. The van der Waals surface area contributed by atoms with Crippen molar-refractivity contribution in [1.29, 1.82) is 0 Å². The molecule has 0 aliphatic rings. The SMILES string of the molecule is Cc1cc(Sc2ncccn2)ccc1NC(=O)NCc1ccc(Cl)cc1Cl. The lowest BCUT2D eigenvalue weighted by molar-refractivity contribution is 0.251. The normalized spacial score (nSPS) is 10.5. The van der Waals surface area contributed by atoms with Gasteiger partial charge in [0.1, 0.15) is 0 Å². The highest BCUT2D eigenvalue weighted by molar-refractivity contribution is 7.99. The summed E-state index contributed by atoms with van der Waals surface area (Å²) in [6, 6.07) is 12.4. The van der Waals surface area contributed by atoms with Gasteiger partial charge in [-0.3, -0.25) is 0 Å². The number of amides is 2. The number of halogens is 2. The van der Waals surface area contributed by atoms with Gasteiger partial charge in [-0.05, 0) is 66.2 Å². The second-order valence-electron chi connectivity index (χ2n) is 5.65. The highest BCUT2D eigenvalue weighted by Crippen LogP contribution is 2.28. The first-order valence-electron chi connectivity index (χ1n) is 8.05. The Labute approximate surface area is 171 Å². The molecule has 0 aliphatic carbocycles. The van der Waals surface area contributed by atoms with Crippen LogP contribution in [0.25, 0.3) is 0 Å². The molecule has 5 nitrogen and oxygen atoms in total. The molecule has 0 bridgehead atoms. The monoisotopic (exact) mass is 418 g/mol. The number of benzene rings is 2. The van der Waals surface area contributed by atoms with Crippen molar-refractivity contribution in [2.75, 3.05) is 5.32 Å². The van der Waals surface area contributed by atoms with E-state index in [1.54, 1.807) is 36.7 Å². The average molecular weight is 419 g/mol. The van der Waals surface area contributed by atoms with E-state index in [2.05, 4.69) is 20.6 Å². The third-order valence-electron chi connectivity index (χ3n) is 3.65. The summed E-state index contributed by atoms with van der Waals surface area (Å²) in [5.74, 6) is 0. The lowest BCUT2D eigenvalue weighted by atomic mass is 10.2. The molecule has 2 N–H and O–H groups in total. The Bertz CT molecular complexity index is 954. The first-order valence-corrected chi connectivity index (χ1v) is 9.63. The van der Waals surface area contributed by atoms with Crippen LogP contribution in [0.3, 0.4) is 0 Å². The molecule has 0 aliphatic heterocycles. The van der Waals surface area contributed by atoms with E-state index in [0.717, 1.165) is 21.7 Å². The van der Waals surface area contributed by atoms with Gasteiger partial charge < -0.3 is 10.6 Å². The number of urea groups is 1. The quantitative estimate of drug-likeness (QED) is 0.531. The number of rotatable bonds is 5. The van der Waals surface area contributed by atoms with E-state index in [0.29, 0.717) is 21.7 Å². The summed E-state index contributed by atoms with van der Waals surface area (Å²) < 4.78 is 0. The van der Waals surface area contributed by atoms with Crippen molar-refractivity contribution in [1.82, 2.24) is 15.3 Å². The Hall–Kier alpha value is -2.28. The van der Waals surface area contributed by atoms with Crippen molar-refractivity contribution in [3.05, 3.63) is 76.0 Å². The van der Waals surface area contributed by atoms with Gasteiger partial charge in [0.15, 0.2) is 5.16 Å². The third kappa shape index (κ3) is 5.60. The molecule has 0 fully saturated rings. The number of carbonyl (C=O) groups is 1. The minimum atomic E-state index is -0.309. The summed E-state index contributed by atoms with van der Waals surface area (Å²) in [6.07, 6.45) is 3.41. The van der Waals surface area contributed by atoms with Crippen LogP contribution in [0, 0.1) is 6.92 Å². The average Bonchev–Trinajstić information content (AvgIpc) is 2.64. The van der Waals surface area contributed by atoms with Crippen LogP contribution in [0.15, 0.2) is 64.9 Å². The standard InChI is InChI=1S/C19H16Cl2N4OS/c1-12-9-15(27-19-22-7-2-8-23-19)5-6-17(12)25-18(26)24-11-13-3-4-14(20)10-16(13)21/h2-10H,11H2,1H3,(H2,24,25,26). The highest BCUT2D eigenvalue weighted by Gasteiger charge is 2.08. The van der Waals surface area contributed by atoms with Crippen LogP contribution in [0.2, 0.25) is 10.0 Å². The van der Waals surface area contributed by atoms with E-state index in [1.807, 2.05) is 25.1 Å². The number of aryl methyl sites for hydroxylation is 1. The number of nitrogens with one attached hydrogen (secondary N) is 2. The Morgan fingerprint density at radius 1 is 1.11 bits per heavy atom. The molecule has 0 saturated carbocycles. The van der Waals surface area contributed by atoms with Crippen molar-refractivity contribution < 1.29 is 4.79 Å². The molecular formula is C19H16Cl2N4OS. The molecule has 27 heavy (non-hydrogen) atoms. The van der Waals surface area contributed by atoms with Crippen molar-refractivity contribution in [2.24, 2.45) is 0 Å². The molecule has 8 heteroatoms. The summed E-state index contributed by atoms with van der Waals surface area (Å²) in [5.41, 5.74) is 2.46. The van der Waals surface area contributed by atoms with Gasteiger partial charge in [0, 0.05) is 39.6 Å². The molecule has 2 aromatic carbocycles. The van der Waals surface area contributed by atoms with Crippen LogP contribution >= 0.6 is 35.0 Å². The number of nitrogens with zero attached hydrogens (tertiary/aromatic N) is 2. The summed E-state index contributed by atoms with van der Waals surface area (Å²) >= 11 is 13.5. The molecule has 138 valence electrons. The van der Waals surface area contributed by atoms with Gasteiger partial charge in [-0.1, -0.05) is 29.3 Å². The Morgan fingerprint density at radius 2 is 1.89 bits per heavy atom. The second kappa shape index (κ2) is 9.08. The largest absolute Gasteiger partial charge is 0.334 e. The molecule has 0 unspecified atom stereocenters. The van der Waals surface area contributed by atoms with Crippen molar-refractivity contribution in [2.45, 2.75) is 23.5 Å². The van der Waals surface area contributed by atoms with Crippen molar-refractivity contribution in [3.8, 4) is 0 Å². The van der Waals surface area contributed by atoms with E-state index in [1.165, 1.54) is 11.8 Å². The van der Waals surface area contributed by atoms with Gasteiger partial charge in [-0.15, -0.1) is 0 Å². The van der Waals surface area contributed by atoms with E-state index < -0.39 is 0 Å². The lowest BCUT2D eigenvalue weighted by Crippen LogP contribution is -2.28. The maximum absolute atomic E-state index is 12.2. The molecule has 0 spiro atoms. The molecule has 0 radical (unpaired) electrons. The van der Waals surface area contributed by atoms with Crippen LogP contribution in [0.4, 0.5) is 10.5 Å². The van der Waals surface area contributed by atoms with E-state index in [-0.39, 0.29) is 6.03 Å². The maximum Gasteiger partial charge on any atom is 0.319 e. The summed E-state index contributed by atoms with van der Waals surface area (Å²) in [6.45, 7) is 2.24. The van der Waals surface area contributed by atoms with Crippen molar-refractivity contribution >= 4 is 46.7 Å². The summed E-state index contributed by atoms with van der Waals surface area (Å²) in [4.78, 5) is 21.6. The maximum atomic E-state index is 12.2.